The number of nitrogens with two attached hydrogens (primary N) is 1. The van der Waals surface area contributed by atoms with E-state index in [2.05, 4.69) is 25.4 Å². The Balaban J connectivity index is 1.84. The van der Waals surface area contributed by atoms with Crippen molar-refractivity contribution in [1.29, 1.82) is 0 Å². The van der Waals surface area contributed by atoms with Crippen molar-refractivity contribution in [3.63, 3.8) is 0 Å². The summed E-state index contributed by atoms with van der Waals surface area (Å²) >= 11 is 0. The van der Waals surface area contributed by atoms with E-state index in [4.69, 9.17) is 10.5 Å². The highest BCUT2D eigenvalue weighted by atomic mass is 19.4. The summed E-state index contributed by atoms with van der Waals surface area (Å²) in [6.45, 7) is 3.26. The van der Waals surface area contributed by atoms with E-state index in [-0.39, 0.29) is 40.8 Å². The number of pyridine rings is 1. The van der Waals surface area contributed by atoms with Crippen molar-refractivity contribution in [2.24, 2.45) is 5.73 Å². The van der Waals surface area contributed by atoms with E-state index in [0.717, 1.165) is 10.7 Å². The number of hydrogen-bond donors (Lipinski definition) is 2. The van der Waals surface area contributed by atoms with Gasteiger partial charge in [0.05, 0.1) is 12.2 Å². The second kappa shape index (κ2) is 10.0. The molecule has 1 aromatic carbocycles. The minimum atomic E-state index is -4.68. The normalized spacial score (nSPS) is 11.3. The average Bonchev–Trinajstić information content (AvgIpc) is 3.26. The second-order valence-electron chi connectivity index (χ2n) is 7.76. The van der Waals surface area contributed by atoms with Crippen LogP contribution in [0.1, 0.15) is 39.0 Å². The predicted octanol–water partition coefficient (Wildman–Crippen LogP) is 4.07. The van der Waals surface area contributed by atoms with Crippen molar-refractivity contribution in [2.45, 2.75) is 20.0 Å². The van der Waals surface area contributed by atoms with Gasteiger partial charge in [-0.05, 0) is 44.2 Å². The van der Waals surface area contributed by atoms with Crippen molar-refractivity contribution in [1.82, 2.24) is 24.7 Å². The number of nitrogens with one attached hydrogen (secondary N) is 1. The lowest BCUT2D eigenvalue weighted by molar-refractivity contribution is -0.141. The lowest BCUT2D eigenvalue weighted by Gasteiger charge is -2.13. The minimum Gasteiger partial charge on any atom is -0.462 e. The van der Waals surface area contributed by atoms with E-state index in [9.17, 15) is 22.8 Å². The summed E-state index contributed by atoms with van der Waals surface area (Å²) in [5.74, 6) is -1.24. The number of carbonyl (C=O) groups is 2. The molecule has 0 saturated heterocycles. The number of rotatable bonds is 7. The maximum atomic E-state index is 13.4. The molecule has 3 N–H and O–H groups in total. The van der Waals surface area contributed by atoms with Crippen LogP contribution in [-0.2, 0) is 10.9 Å². The van der Waals surface area contributed by atoms with E-state index < -0.39 is 23.7 Å². The summed E-state index contributed by atoms with van der Waals surface area (Å²) in [6, 6.07) is 8.60. The number of aromatic nitrogens is 5. The molecule has 10 nitrogen and oxygen atoms in total. The Morgan fingerprint density at radius 2 is 1.89 bits per heavy atom. The molecule has 0 aliphatic carbocycles. The summed E-state index contributed by atoms with van der Waals surface area (Å²) in [5.41, 5.74) is 5.80. The van der Waals surface area contributed by atoms with E-state index in [1.54, 1.807) is 19.1 Å². The molecule has 3 aromatic heterocycles. The Bertz CT molecular complexity index is 1480. The molecular weight excluding hydrogens is 491 g/mol. The SMILES string of the molecule is CCOC(=O)c1cncc(-c2cnc(Nc3cccc(C(N)=O)c3)nc2-n2nc(C(F)(F)F)cc2C)c1. The van der Waals surface area contributed by atoms with Gasteiger partial charge < -0.3 is 15.8 Å². The van der Waals surface area contributed by atoms with Crippen LogP contribution in [0.2, 0.25) is 0 Å². The first-order valence-electron chi connectivity index (χ1n) is 10.9. The van der Waals surface area contributed by atoms with Crippen LogP contribution in [0.4, 0.5) is 24.8 Å². The minimum absolute atomic E-state index is 0.000588. The van der Waals surface area contributed by atoms with Crippen molar-refractivity contribution >= 4 is 23.5 Å². The molecule has 0 atom stereocenters. The molecule has 0 unspecified atom stereocenters. The molecule has 3 heterocycles. The second-order valence-corrected chi connectivity index (χ2v) is 7.76. The van der Waals surface area contributed by atoms with Gasteiger partial charge in [0.1, 0.15) is 0 Å². The molecular formula is C24H20F3N7O3. The molecule has 1 amide bonds. The van der Waals surface area contributed by atoms with E-state index in [0.29, 0.717) is 11.3 Å². The van der Waals surface area contributed by atoms with Gasteiger partial charge in [-0.15, -0.1) is 0 Å². The molecule has 0 fully saturated rings. The molecule has 0 aliphatic rings. The van der Waals surface area contributed by atoms with Crippen LogP contribution in [0.5, 0.6) is 0 Å². The standard InChI is InChI=1S/C24H20F3N7O3/c1-3-37-22(36)16-8-15(10-29-11-16)18-12-30-23(31-17-6-4-5-14(9-17)20(28)35)32-21(18)34-13(2)7-19(33-34)24(25,26)27/h4-12H,3H2,1-2H3,(H2,28,35)(H,30,31,32). The molecule has 190 valence electrons. The van der Waals surface area contributed by atoms with Crippen LogP contribution in [0.3, 0.4) is 0 Å². The van der Waals surface area contributed by atoms with E-state index in [1.165, 1.54) is 43.7 Å². The Kier molecular flexibility index (Phi) is 6.87. The summed E-state index contributed by atoms with van der Waals surface area (Å²) in [4.78, 5) is 36.4. The zero-order chi connectivity index (χ0) is 26.7. The molecule has 0 aliphatic heterocycles. The third-order valence-electron chi connectivity index (χ3n) is 5.11. The van der Waals surface area contributed by atoms with Gasteiger partial charge in [-0.25, -0.2) is 14.5 Å². The highest BCUT2D eigenvalue weighted by molar-refractivity contribution is 5.94. The topological polar surface area (TPSA) is 138 Å². The third-order valence-corrected chi connectivity index (χ3v) is 5.11. The number of halogens is 3. The molecule has 37 heavy (non-hydrogen) atoms. The van der Waals surface area contributed by atoms with Gasteiger partial charge in [-0.3, -0.25) is 9.78 Å². The van der Waals surface area contributed by atoms with Crippen LogP contribution in [-0.4, -0.2) is 43.2 Å². The number of alkyl halides is 3. The van der Waals surface area contributed by atoms with Crippen molar-refractivity contribution < 1.29 is 27.5 Å². The first-order valence-corrected chi connectivity index (χ1v) is 10.9. The van der Waals surface area contributed by atoms with Gasteiger partial charge in [0, 0.05) is 46.7 Å². The smallest absolute Gasteiger partial charge is 0.435 e. The van der Waals surface area contributed by atoms with Crippen LogP contribution >= 0.6 is 0 Å². The molecule has 0 bridgehead atoms. The van der Waals surface area contributed by atoms with Gasteiger partial charge >= 0.3 is 12.1 Å². The highest BCUT2D eigenvalue weighted by Gasteiger charge is 2.35. The number of benzene rings is 1. The predicted molar refractivity (Wildman–Crippen MR) is 126 cm³/mol. The monoisotopic (exact) mass is 511 g/mol. The summed E-state index contributed by atoms with van der Waals surface area (Å²) < 4.78 is 46.2. The molecule has 0 radical (unpaired) electrons. The Labute approximate surface area is 208 Å². The fraction of sp³-hybridized carbons (Fsp3) is 0.167. The number of anilines is 2. The number of ether oxygens (including phenoxy) is 1. The molecule has 4 rings (SSSR count). The van der Waals surface area contributed by atoms with Crippen molar-refractivity contribution in [3.05, 3.63) is 77.5 Å². The van der Waals surface area contributed by atoms with Crippen molar-refractivity contribution in [3.8, 4) is 16.9 Å². The third kappa shape index (κ3) is 5.55. The number of nitrogens with zero attached hydrogens (tertiary/aromatic N) is 5. The number of aryl methyl sites for hydroxylation is 1. The summed E-state index contributed by atoms with van der Waals surface area (Å²) in [6.07, 6.45) is -0.587. The fourth-order valence-corrected chi connectivity index (χ4v) is 3.42. The van der Waals surface area contributed by atoms with Gasteiger partial charge in [0.25, 0.3) is 0 Å². The average molecular weight is 511 g/mol. The number of primary amides is 1. The molecule has 0 saturated carbocycles. The van der Waals surface area contributed by atoms with Crippen LogP contribution < -0.4 is 11.1 Å². The Hall–Kier alpha value is -4.81. The lowest BCUT2D eigenvalue weighted by atomic mass is 10.1. The maximum Gasteiger partial charge on any atom is 0.435 e. The largest absolute Gasteiger partial charge is 0.462 e. The number of esters is 1. The van der Waals surface area contributed by atoms with Gasteiger partial charge in [0.2, 0.25) is 11.9 Å². The Morgan fingerprint density at radius 1 is 1.11 bits per heavy atom. The summed E-state index contributed by atoms with van der Waals surface area (Å²) in [7, 11) is 0. The van der Waals surface area contributed by atoms with Gasteiger partial charge in [0.15, 0.2) is 11.5 Å². The number of hydrogen-bond acceptors (Lipinski definition) is 8. The van der Waals surface area contributed by atoms with Crippen LogP contribution in [0.25, 0.3) is 16.9 Å². The van der Waals surface area contributed by atoms with Gasteiger partial charge in [-0.2, -0.15) is 23.3 Å². The summed E-state index contributed by atoms with van der Waals surface area (Å²) in [5, 5.41) is 6.62. The van der Waals surface area contributed by atoms with E-state index >= 15 is 0 Å². The number of carbonyl (C=O) groups excluding carboxylic acids is 2. The Morgan fingerprint density at radius 3 is 2.57 bits per heavy atom. The molecule has 4 aromatic rings. The highest BCUT2D eigenvalue weighted by Crippen LogP contribution is 2.32. The number of amides is 1. The van der Waals surface area contributed by atoms with Crippen molar-refractivity contribution in [2.75, 3.05) is 11.9 Å². The van der Waals surface area contributed by atoms with Gasteiger partial charge in [-0.1, -0.05) is 6.07 Å². The zero-order valence-electron chi connectivity index (χ0n) is 19.6. The maximum absolute atomic E-state index is 13.4. The van der Waals surface area contributed by atoms with Crippen LogP contribution in [0.15, 0.2) is 55.0 Å². The van der Waals surface area contributed by atoms with Crippen LogP contribution in [0, 0.1) is 6.92 Å². The zero-order valence-corrected chi connectivity index (χ0v) is 19.6. The molecule has 13 heteroatoms. The van der Waals surface area contributed by atoms with E-state index in [1.807, 2.05) is 0 Å². The first-order chi connectivity index (χ1) is 17.6. The first kappa shape index (κ1) is 25.3. The lowest BCUT2D eigenvalue weighted by Crippen LogP contribution is -2.12. The quantitative estimate of drug-likeness (QED) is 0.354. The molecule has 0 spiro atoms. The fourth-order valence-electron chi connectivity index (χ4n) is 3.42.